The number of carbonyl (C=O) groups excluding carboxylic acids is 2. The molecule has 1 aromatic heterocycles. The summed E-state index contributed by atoms with van der Waals surface area (Å²) < 4.78 is 5.22. The highest BCUT2D eigenvalue weighted by Crippen LogP contribution is 2.27. The van der Waals surface area contributed by atoms with Crippen molar-refractivity contribution in [2.24, 2.45) is 0 Å². The summed E-state index contributed by atoms with van der Waals surface area (Å²) in [5.41, 5.74) is 2.20. The molecule has 0 aliphatic carbocycles. The summed E-state index contributed by atoms with van der Waals surface area (Å²) in [6, 6.07) is 18.7. The highest BCUT2D eigenvalue weighted by atomic mass is 32.1. The molecule has 28 heavy (non-hydrogen) atoms. The van der Waals surface area contributed by atoms with Gasteiger partial charge in [0.25, 0.3) is 0 Å². The quantitative estimate of drug-likeness (QED) is 0.611. The van der Waals surface area contributed by atoms with Gasteiger partial charge in [0, 0.05) is 23.2 Å². The smallest absolute Gasteiger partial charge is 0.232 e. The average Bonchev–Trinajstić information content (AvgIpc) is 3.19. The molecular weight excluding hydrogens is 372 g/mol. The van der Waals surface area contributed by atoms with Gasteiger partial charge < -0.3 is 15.4 Å². The number of hydrogen-bond donors (Lipinski definition) is 2. The SMILES string of the molecule is COc1ccc(C(Cc2cccs2)C(=O)Nc2cccc(NC(C)=O)c2)cc1. The first-order valence-corrected chi connectivity index (χ1v) is 9.78. The van der Waals surface area contributed by atoms with Crippen LogP contribution in [0.4, 0.5) is 11.4 Å². The molecule has 1 unspecified atom stereocenters. The Balaban J connectivity index is 1.82. The van der Waals surface area contributed by atoms with Gasteiger partial charge in [0.05, 0.1) is 13.0 Å². The van der Waals surface area contributed by atoms with Gasteiger partial charge in [-0.25, -0.2) is 0 Å². The van der Waals surface area contributed by atoms with Crippen molar-refractivity contribution in [2.75, 3.05) is 17.7 Å². The van der Waals surface area contributed by atoms with Crippen molar-refractivity contribution in [2.45, 2.75) is 19.3 Å². The van der Waals surface area contributed by atoms with E-state index in [0.29, 0.717) is 17.8 Å². The topological polar surface area (TPSA) is 67.4 Å². The molecule has 0 aliphatic rings. The standard InChI is InChI=1S/C22H22N2O3S/c1-15(25)23-17-5-3-6-18(13-17)24-22(26)21(14-20-7-4-12-28-20)16-8-10-19(27-2)11-9-16/h3-13,21H,14H2,1-2H3,(H,23,25)(H,24,26). The van der Waals surface area contributed by atoms with E-state index in [1.807, 2.05) is 41.8 Å². The molecule has 1 heterocycles. The van der Waals surface area contributed by atoms with Crippen molar-refractivity contribution in [1.82, 2.24) is 0 Å². The van der Waals surface area contributed by atoms with Crippen molar-refractivity contribution in [3.63, 3.8) is 0 Å². The van der Waals surface area contributed by atoms with Crippen LogP contribution in [0, 0.1) is 0 Å². The van der Waals surface area contributed by atoms with Crippen LogP contribution in [0.2, 0.25) is 0 Å². The van der Waals surface area contributed by atoms with Crippen molar-refractivity contribution in [3.8, 4) is 5.75 Å². The number of methoxy groups -OCH3 is 1. The number of rotatable bonds is 7. The molecule has 2 aromatic carbocycles. The zero-order valence-electron chi connectivity index (χ0n) is 15.8. The maximum atomic E-state index is 13.1. The first-order valence-electron chi connectivity index (χ1n) is 8.90. The molecule has 0 aliphatic heterocycles. The Bertz CT molecular complexity index is 937. The van der Waals surface area contributed by atoms with Crippen LogP contribution in [-0.2, 0) is 16.0 Å². The monoisotopic (exact) mass is 394 g/mol. The lowest BCUT2D eigenvalue weighted by molar-refractivity contribution is -0.117. The predicted octanol–water partition coefficient (Wildman–Crippen LogP) is 4.68. The molecule has 0 spiro atoms. The van der Waals surface area contributed by atoms with Gasteiger partial charge in [-0.1, -0.05) is 24.3 Å². The lowest BCUT2D eigenvalue weighted by Gasteiger charge is -2.17. The largest absolute Gasteiger partial charge is 0.497 e. The lowest BCUT2D eigenvalue weighted by Crippen LogP contribution is -2.23. The molecule has 0 radical (unpaired) electrons. The second kappa shape index (κ2) is 9.19. The summed E-state index contributed by atoms with van der Waals surface area (Å²) in [4.78, 5) is 25.5. The van der Waals surface area contributed by atoms with Crippen LogP contribution in [0.25, 0.3) is 0 Å². The fourth-order valence-electron chi connectivity index (χ4n) is 2.94. The number of ether oxygens (including phenoxy) is 1. The minimum atomic E-state index is -0.339. The van der Waals surface area contributed by atoms with Crippen molar-refractivity contribution in [3.05, 3.63) is 76.5 Å². The molecule has 144 valence electrons. The van der Waals surface area contributed by atoms with Gasteiger partial charge >= 0.3 is 0 Å². The van der Waals surface area contributed by atoms with E-state index < -0.39 is 0 Å². The minimum absolute atomic E-state index is 0.0986. The number of amides is 2. The number of carbonyl (C=O) groups is 2. The maximum Gasteiger partial charge on any atom is 0.232 e. The normalized spacial score (nSPS) is 11.5. The first kappa shape index (κ1) is 19.6. The lowest BCUT2D eigenvalue weighted by atomic mass is 9.93. The molecule has 2 N–H and O–H groups in total. The highest BCUT2D eigenvalue weighted by Gasteiger charge is 2.22. The van der Waals surface area contributed by atoms with Crippen molar-refractivity contribution >= 4 is 34.5 Å². The number of anilines is 2. The second-order valence-electron chi connectivity index (χ2n) is 6.36. The molecule has 2 amide bonds. The summed E-state index contributed by atoms with van der Waals surface area (Å²) in [5.74, 6) is 0.159. The minimum Gasteiger partial charge on any atom is -0.497 e. The summed E-state index contributed by atoms with van der Waals surface area (Å²) in [6.45, 7) is 1.45. The zero-order valence-corrected chi connectivity index (χ0v) is 16.6. The van der Waals surface area contributed by atoms with E-state index >= 15 is 0 Å². The van der Waals surface area contributed by atoms with E-state index in [4.69, 9.17) is 4.74 Å². The molecule has 0 bridgehead atoms. The molecule has 1 atom stereocenters. The van der Waals surface area contributed by atoms with Crippen LogP contribution in [0.3, 0.4) is 0 Å². The third-order valence-electron chi connectivity index (χ3n) is 4.27. The van der Waals surface area contributed by atoms with Crippen molar-refractivity contribution in [1.29, 1.82) is 0 Å². The molecule has 0 saturated heterocycles. The van der Waals surface area contributed by atoms with E-state index in [9.17, 15) is 9.59 Å². The Labute approximate surface area is 168 Å². The Morgan fingerprint density at radius 3 is 2.32 bits per heavy atom. The van der Waals surface area contributed by atoms with Crippen LogP contribution in [0.1, 0.15) is 23.3 Å². The van der Waals surface area contributed by atoms with Gasteiger partial charge in [-0.05, 0) is 53.8 Å². The van der Waals surface area contributed by atoms with Gasteiger partial charge in [-0.3, -0.25) is 9.59 Å². The Morgan fingerprint density at radius 2 is 1.71 bits per heavy atom. The third kappa shape index (κ3) is 5.20. The highest BCUT2D eigenvalue weighted by molar-refractivity contribution is 7.09. The molecule has 5 nitrogen and oxygen atoms in total. The maximum absolute atomic E-state index is 13.1. The third-order valence-corrected chi connectivity index (χ3v) is 5.17. The molecule has 3 rings (SSSR count). The van der Waals surface area contributed by atoms with Gasteiger partial charge in [0.2, 0.25) is 11.8 Å². The second-order valence-corrected chi connectivity index (χ2v) is 7.39. The molecule has 6 heteroatoms. The van der Waals surface area contributed by atoms with E-state index in [2.05, 4.69) is 10.6 Å². The fraction of sp³-hybridized carbons (Fsp3) is 0.182. The summed E-state index contributed by atoms with van der Waals surface area (Å²) in [6.07, 6.45) is 0.612. The van der Waals surface area contributed by atoms with Crippen LogP contribution < -0.4 is 15.4 Å². The first-order chi connectivity index (χ1) is 13.5. The van der Waals surface area contributed by atoms with Gasteiger partial charge in [0.1, 0.15) is 5.75 Å². The molecular formula is C22H22N2O3S. The Hall–Kier alpha value is -3.12. The Morgan fingerprint density at radius 1 is 1.00 bits per heavy atom. The van der Waals surface area contributed by atoms with Crippen LogP contribution in [-0.4, -0.2) is 18.9 Å². The number of nitrogens with one attached hydrogen (secondary N) is 2. The van der Waals surface area contributed by atoms with Gasteiger partial charge in [-0.15, -0.1) is 11.3 Å². The van der Waals surface area contributed by atoms with E-state index in [1.165, 1.54) is 6.92 Å². The van der Waals surface area contributed by atoms with Gasteiger partial charge in [0.15, 0.2) is 0 Å². The summed E-state index contributed by atoms with van der Waals surface area (Å²) in [5, 5.41) is 7.71. The van der Waals surface area contributed by atoms with Crippen LogP contribution >= 0.6 is 11.3 Å². The van der Waals surface area contributed by atoms with Crippen molar-refractivity contribution < 1.29 is 14.3 Å². The van der Waals surface area contributed by atoms with Crippen LogP contribution in [0.5, 0.6) is 5.75 Å². The van der Waals surface area contributed by atoms with Crippen LogP contribution in [0.15, 0.2) is 66.0 Å². The van der Waals surface area contributed by atoms with Gasteiger partial charge in [-0.2, -0.15) is 0 Å². The van der Waals surface area contributed by atoms with E-state index in [1.54, 1.807) is 42.7 Å². The molecule has 0 saturated carbocycles. The van der Waals surface area contributed by atoms with E-state index in [0.717, 1.165) is 16.2 Å². The molecule has 3 aromatic rings. The summed E-state index contributed by atoms with van der Waals surface area (Å²) >= 11 is 1.63. The number of hydrogen-bond acceptors (Lipinski definition) is 4. The zero-order chi connectivity index (χ0) is 19.9. The average molecular weight is 394 g/mol. The number of thiophene rings is 1. The number of benzene rings is 2. The molecule has 0 fully saturated rings. The summed E-state index contributed by atoms with van der Waals surface area (Å²) in [7, 11) is 1.62. The fourth-order valence-corrected chi connectivity index (χ4v) is 3.69. The predicted molar refractivity (Wildman–Crippen MR) is 113 cm³/mol. The van der Waals surface area contributed by atoms with E-state index in [-0.39, 0.29) is 17.7 Å². The Kier molecular flexibility index (Phi) is 6.45.